The smallest absolute Gasteiger partial charge is 0.324 e. The van der Waals surface area contributed by atoms with Crippen molar-refractivity contribution in [3.05, 3.63) is 77.0 Å². The molecule has 0 fully saturated rings. The number of aryl methyl sites for hydroxylation is 1. The molecule has 0 aliphatic rings. The van der Waals surface area contributed by atoms with Gasteiger partial charge in [-0.05, 0) is 60.4 Å². The van der Waals surface area contributed by atoms with Crippen LogP contribution in [-0.2, 0) is 19.6 Å². The van der Waals surface area contributed by atoms with Gasteiger partial charge >= 0.3 is 5.97 Å². The molecular formula is C29H29ClN2O7S. The Morgan fingerprint density at radius 1 is 0.925 bits per heavy atom. The van der Waals surface area contributed by atoms with Crippen molar-refractivity contribution in [2.24, 2.45) is 5.92 Å². The summed E-state index contributed by atoms with van der Waals surface area (Å²) in [7, 11) is -1.23. The van der Waals surface area contributed by atoms with Gasteiger partial charge in [0.25, 0.3) is 5.91 Å². The second-order valence-electron chi connectivity index (χ2n) is 9.43. The molecule has 0 spiro atoms. The number of halogens is 1. The molecule has 1 heterocycles. The molecule has 0 aliphatic carbocycles. The Bertz CT molecular complexity index is 1660. The van der Waals surface area contributed by atoms with E-state index in [1.54, 1.807) is 69.3 Å². The van der Waals surface area contributed by atoms with Gasteiger partial charge in [-0.1, -0.05) is 49.7 Å². The number of fused-ring (bicyclic) bond motifs is 1. The predicted molar refractivity (Wildman–Crippen MR) is 153 cm³/mol. The maximum atomic E-state index is 13.0. The van der Waals surface area contributed by atoms with Crippen molar-refractivity contribution in [2.45, 2.75) is 31.7 Å². The highest BCUT2D eigenvalue weighted by molar-refractivity contribution is 7.89. The first-order chi connectivity index (χ1) is 19.0. The number of furan rings is 1. The van der Waals surface area contributed by atoms with Crippen LogP contribution in [0.1, 0.15) is 30.0 Å². The first-order valence-electron chi connectivity index (χ1n) is 12.3. The summed E-state index contributed by atoms with van der Waals surface area (Å²) in [6.07, 6.45) is 0. The lowest BCUT2D eigenvalue weighted by atomic mass is 10.1. The molecule has 0 saturated carbocycles. The number of benzene rings is 3. The van der Waals surface area contributed by atoms with Crippen LogP contribution in [0.25, 0.3) is 22.1 Å². The molecular weight excluding hydrogens is 556 g/mol. The van der Waals surface area contributed by atoms with Crippen LogP contribution in [0.4, 0.5) is 5.69 Å². The summed E-state index contributed by atoms with van der Waals surface area (Å²) >= 11 is 6.22. The van der Waals surface area contributed by atoms with E-state index in [9.17, 15) is 18.0 Å². The van der Waals surface area contributed by atoms with E-state index in [-0.39, 0.29) is 16.6 Å². The number of amides is 1. The van der Waals surface area contributed by atoms with E-state index in [0.29, 0.717) is 33.0 Å². The molecule has 2 N–H and O–H groups in total. The first kappa shape index (κ1) is 29.1. The molecule has 3 aromatic carbocycles. The summed E-state index contributed by atoms with van der Waals surface area (Å²) in [5, 5.41) is 3.89. The van der Waals surface area contributed by atoms with Gasteiger partial charge in [0.2, 0.25) is 10.0 Å². The van der Waals surface area contributed by atoms with Crippen LogP contribution in [0, 0.1) is 12.8 Å². The van der Waals surface area contributed by atoms with Crippen molar-refractivity contribution in [2.75, 3.05) is 19.5 Å². The number of carbonyl (C=O) groups excluding carboxylic acids is 2. The van der Waals surface area contributed by atoms with Gasteiger partial charge in [0.15, 0.2) is 5.76 Å². The number of hydrogen-bond donors (Lipinski definition) is 2. The number of carbonyl (C=O) groups is 2. The third-order valence-electron chi connectivity index (χ3n) is 6.45. The maximum absolute atomic E-state index is 13.0. The molecule has 0 unspecified atom stereocenters. The minimum atomic E-state index is -3.95. The maximum Gasteiger partial charge on any atom is 0.324 e. The molecule has 1 aromatic heterocycles. The fraction of sp³-hybridized carbons (Fsp3) is 0.241. The number of methoxy groups -OCH3 is 2. The standard InChI is InChI=1S/C29H29ClN2O7S/c1-16(2)25(29(34)38-5)32-40(35,36)21-12-8-19(9-13-21)18-6-10-20(11-7-18)31-28(33)26-17(3)24-23(39-26)15-14-22(30)27(24)37-4/h6-16,25,32H,1-5H3,(H,31,33)/t25-/m0/s1. The van der Waals surface area contributed by atoms with Crippen LogP contribution >= 0.6 is 11.6 Å². The van der Waals surface area contributed by atoms with Crippen LogP contribution in [0.15, 0.2) is 70.0 Å². The van der Waals surface area contributed by atoms with E-state index in [2.05, 4.69) is 10.0 Å². The number of nitrogens with one attached hydrogen (secondary N) is 2. The molecule has 1 amide bonds. The normalized spacial score (nSPS) is 12.4. The zero-order valence-electron chi connectivity index (χ0n) is 22.6. The zero-order chi connectivity index (χ0) is 29.2. The Kier molecular flexibility index (Phi) is 8.53. The highest BCUT2D eigenvalue weighted by Gasteiger charge is 2.29. The summed E-state index contributed by atoms with van der Waals surface area (Å²) < 4.78 is 44.0. The Morgan fingerprint density at radius 2 is 1.52 bits per heavy atom. The van der Waals surface area contributed by atoms with Gasteiger partial charge in [-0.3, -0.25) is 9.59 Å². The zero-order valence-corrected chi connectivity index (χ0v) is 24.1. The Labute approximate surface area is 237 Å². The average Bonchev–Trinajstić information content (AvgIpc) is 3.28. The van der Waals surface area contributed by atoms with Gasteiger partial charge in [0.05, 0.1) is 29.5 Å². The molecule has 0 saturated heterocycles. The topological polar surface area (TPSA) is 124 Å². The number of esters is 1. The molecule has 0 aliphatic heterocycles. The van der Waals surface area contributed by atoms with Crippen LogP contribution in [0.3, 0.4) is 0 Å². The van der Waals surface area contributed by atoms with E-state index in [1.165, 1.54) is 26.4 Å². The van der Waals surface area contributed by atoms with Gasteiger partial charge in [0, 0.05) is 11.3 Å². The van der Waals surface area contributed by atoms with E-state index < -0.39 is 27.9 Å². The second-order valence-corrected chi connectivity index (χ2v) is 11.6. The van der Waals surface area contributed by atoms with E-state index in [4.69, 9.17) is 25.5 Å². The minimum Gasteiger partial charge on any atom is -0.494 e. The largest absolute Gasteiger partial charge is 0.494 e. The number of ether oxygens (including phenoxy) is 2. The van der Waals surface area contributed by atoms with Gasteiger partial charge in [0.1, 0.15) is 17.4 Å². The summed E-state index contributed by atoms with van der Waals surface area (Å²) in [6.45, 7) is 5.22. The van der Waals surface area contributed by atoms with E-state index in [0.717, 1.165) is 11.1 Å². The van der Waals surface area contributed by atoms with Crippen molar-refractivity contribution in [1.82, 2.24) is 4.72 Å². The monoisotopic (exact) mass is 584 g/mol. The summed E-state index contributed by atoms with van der Waals surface area (Å²) in [4.78, 5) is 25.0. The van der Waals surface area contributed by atoms with Crippen molar-refractivity contribution in [3.8, 4) is 16.9 Å². The molecule has 0 radical (unpaired) electrons. The number of hydrogen-bond acceptors (Lipinski definition) is 7. The van der Waals surface area contributed by atoms with Crippen molar-refractivity contribution >= 4 is 50.2 Å². The third-order valence-corrected chi connectivity index (χ3v) is 8.21. The second kappa shape index (κ2) is 11.7. The Hall–Kier alpha value is -3.86. The Balaban J connectivity index is 1.49. The summed E-state index contributed by atoms with van der Waals surface area (Å²) in [5.74, 6) is -0.772. The van der Waals surface area contributed by atoms with Crippen LogP contribution in [0.5, 0.6) is 5.75 Å². The van der Waals surface area contributed by atoms with E-state index >= 15 is 0 Å². The fourth-order valence-electron chi connectivity index (χ4n) is 4.27. The highest BCUT2D eigenvalue weighted by Crippen LogP contribution is 2.38. The third kappa shape index (κ3) is 5.84. The summed E-state index contributed by atoms with van der Waals surface area (Å²) in [5.41, 5.74) is 3.22. The quantitative estimate of drug-likeness (QED) is 0.238. The minimum absolute atomic E-state index is 0.0220. The van der Waals surface area contributed by atoms with Crippen molar-refractivity contribution in [3.63, 3.8) is 0 Å². The molecule has 11 heteroatoms. The van der Waals surface area contributed by atoms with Gasteiger partial charge < -0.3 is 19.2 Å². The first-order valence-corrected chi connectivity index (χ1v) is 14.2. The predicted octanol–water partition coefficient (Wildman–Crippen LogP) is 5.80. The molecule has 4 aromatic rings. The summed E-state index contributed by atoms with van der Waals surface area (Å²) in [6, 6.07) is 15.7. The molecule has 9 nitrogen and oxygen atoms in total. The van der Waals surface area contributed by atoms with Gasteiger partial charge in [-0.15, -0.1) is 0 Å². The lowest BCUT2D eigenvalue weighted by Crippen LogP contribution is -2.44. The SMILES string of the molecule is COC(=O)[C@@H](NS(=O)(=O)c1ccc(-c2ccc(NC(=O)c3oc4ccc(Cl)c(OC)c4c3C)cc2)cc1)C(C)C. The number of anilines is 1. The molecule has 0 bridgehead atoms. The number of rotatable bonds is 9. The molecule has 4 rings (SSSR count). The van der Waals surface area contributed by atoms with E-state index in [1.807, 2.05) is 0 Å². The van der Waals surface area contributed by atoms with Gasteiger partial charge in [-0.2, -0.15) is 4.72 Å². The van der Waals surface area contributed by atoms with Crippen LogP contribution < -0.4 is 14.8 Å². The number of sulfonamides is 1. The molecule has 210 valence electrons. The van der Waals surface area contributed by atoms with Gasteiger partial charge in [-0.25, -0.2) is 8.42 Å². The van der Waals surface area contributed by atoms with Crippen LogP contribution in [0.2, 0.25) is 5.02 Å². The highest BCUT2D eigenvalue weighted by atomic mass is 35.5. The molecule has 40 heavy (non-hydrogen) atoms. The van der Waals surface area contributed by atoms with Crippen molar-refractivity contribution < 1.29 is 31.9 Å². The van der Waals surface area contributed by atoms with Crippen LogP contribution in [-0.4, -0.2) is 40.6 Å². The Morgan fingerprint density at radius 3 is 2.08 bits per heavy atom. The fourth-order valence-corrected chi connectivity index (χ4v) is 5.84. The van der Waals surface area contributed by atoms with Crippen molar-refractivity contribution in [1.29, 1.82) is 0 Å². The molecule has 1 atom stereocenters. The lowest BCUT2D eigenvalue weighted by molar-refractivity contribution is -0.143. The lowest BCUT2D eigenvalue weighted by Gasteiger charge is -2.19. The average molecular weight is 585 g/mol.